The molecule has 0 unspecified atom stereocenters. The lowest BCUT2D eigenvalue weighted by atomic mass is 10.0. The molecular formula is C11H11NO3. The van der Waals surface area contributed by atoms with Crippen molar-refractivity contribution in [2.45, 2.75) is 6.42 Å². The molecule has 4 nitrogen and oxygen atoms in total. The molecule has 1 heterocycles. The summed E-state index contributed by atoms with van der Waals surface area (Å²) in [6, 6.07) is 7.19. The molecule has 1 aromatic carbocycles. The maximum Gasteiger partial charge on any atom is 0.248 e. The Morgan fingerprint density at radius 1 is 1.40 bits per heavy atom. The molecule has 15 heavy (non-hydrogen) atoms. The Hall–Kier alpha value is -1.97. The Morgan fingerprint density at radius 2 is 2.20 bits per heavy atom. The number of allylic oxidation sites excluding steroid dienone is 1. The van der Waals surface area contributed by atoms with Gasteiger partial charge in [0.25, 0.3) is 0 Å². The molecule has 0 aliphatic carbocycles. The number of primary amides is 1. The van der Waals surface area contributed by atoms with Crippen LogP contribution >= 0.6 is 0 Å². The van der Waals surface area contributed by atoms with Crippen molar-refractivity contribution < 1.29 is 14.3 Å². The van der Waals surface area contributed by atoms with E-state index in [4.69, 9.17) is 15.2 Å². The van der Waals surface area contributed by atoms with Crippen LogP contribution in [0.1, 0.15) is 15.9 Å². The largest absolute Gasteiger partial charge is 0.462 e. The average Bonchev–Trinajstić information content (AvgIpc) is 2.71. The molecular weight excluding hydrogens is 194 g/mol. The first-order valence-electron chi connectivity index (χ1n) is 4.58. The number of carbonyl (C=O) groups is 1. The van der Waals surface area contributed by atoms with E-state index in [0.717, 1.165) is 5.56 Å². The van der Waals surface area contributed by atoms with Crippen LogP contribution in [0.5, 0.6) is 0 Å². The molecule has 0 atom stereocenters. The number of rotatable bonds is 3. The van der Waals surface area contributed by atoms with E-state index < -0.39 is 5.91 Å². The number of amides is 1. The third-order valence-electron chi connectivity index (χ3n) is 2.17. The monoisotopic (exact) mass is 205 g/mol. The second-order valence-corrected chi connectivity index (χ2v) is 3.21. The minimum absolute atomic E-state index is 0.244. The maximum absolute atomic E-state index is 11.1. The molecule has 78 valence electrons. The van der Waals surface area contributed by atoms with Crippen LogP contribution in [-0.4, -0.2) is 12.7 Å². The second kappa shape index (κ2) is 4.04. The molecule has 0 bridgehead atoms. The van der Waals surface area contributed by atoms with Gasteiger partial charge in [0.15, 0.2) is 0 Å². The lowest BCUT2D eigenvalue weighted by molar-refractivity contribution is 0.0790. The summed E-state index contributed by atoms with van der Waals surface area (Å²) in [6.45, 7) is 0.244. The molecule has 1 aromatic rings. The van der Waals surface area contributed by atoms with E-state index in [9.17, 15) is 4.79 Å². The molecule has 0 spiro atoms. The van der Waals surface area contributed by atoms with Gasteiger partial charge in [-0.15, -0.1) is 0 Å². The molecule has 1 aliphatic heterocycles. The van der Waals surface area contributed by atoms with Crippen LogP contribution in [0.3, 0.4) is 0 Å². The Labute approximate surface area is 87.3 Å². The zero-order chi connectivity index (χ0) is 10.7. The van der Waals surface area contributed by atoms with E-state index >= 15 is 0 Å². The normalized spacial score (nSPS) is 14.0. The van der Waals surface area contributed by atoms with Crippen LogP contribution in [0, 0.1) is 0 Å². The Bertz CT molecular complexity index is 412. The van der Waals surface area contributed by atoms with Gasteiger partial charge in [0.1, 0.15) is 12.0 Å². The minimum atomic E-state index is -0.426. The van der Waals surface area contributed by atoms with E-state index in [1.54, 1.807) is 18.4 Å². The van der Waals surface area contributed by atoms with Gasteiger partial charge in [0.05, 0.1) is 0 Å². The van der Waals surface area contributed by atoms with E-state index in [1.165, 1.54) is 0 Å². The fourth-order valence-electron chi connectivity index (χ4n) is 1.47. The van der Waals surface area contributed by atoms with Crippen molar-refractivity contribution in [2.24, 2.45) is 5.73 Å². The van der Waals surface area contributed by atoms with Crippen LogP contribution in [0.25, 0.3) is 0 Å². The van der Waals surface area contributed by atoms with Crippen LogP contribution in [0.4, 0.5) is 0 Å². The molecule has 1 amide bonds. The van der Waals surface area contributed by atoms with Crippen molar-refractivity contribution >= 4 is 5.91 Å². The molecule has 2 N–H and O–H groups in total. The maximum atomic E-state index is 11.1. The number of hydrogen-bond donors (Lipinski definition) is 1. The van der Waals surface area contributed by atoms with E-state index in [2.05, 4.69) is 0 Å². The lowest BCUT2D eigenvalue weighted by Crippen LogP contribution is -2.13. The van der Waals surface area contributed by atoms with Gasteiger partial charge in [-0.25, -0.2) is 0 Å². The third-order valence-corrected chi connectivity index (χ3v) is 2.17. The Balaban J connectivity index is 2.23. The molecule has 4 heteroatoms. The fourth-order valence-corrected chi connectivity index (χ4v) is 1.47. The van der Waals surface area contributed by atoms with Crippen LogP contribution in [0.2, 0.25) is 0 Å². The molecule has 1 aliphatic rings. The highest BCUT2D eigenvalue weighted by Crippen LogP contribution is 2.17. The van der Waals surface area contributed by atoms with E-state index in [0.29, 0.717) is 17.7 Å². The van der Waals surface area contributed by atoms with Crippen molar-refractivity contribution in [2.75, 3.05) is 6.79 Å². The average molecular weight is 205 g/mol. The molecule has 0 saturated carbocycles. The van der Waals surface area contributed by atoms with Crippen LogP contribution in [-0.2, 0) is 15.9 Å². The van der Waals surface area contributed by atoms with E-state index in [-0.39, 0.29) is 6.79 Å². The summed E-state index contributed by atoms with van der Waals surface area (Å²) in [5.74, 6) is 0.286. The highest BCUT2D eigenvalue weighted by molar-refractivity contribution is 5.94. The molecule has 0 saturated heterocycles. The minimum Gasteiger partial charge on any atom is -0.462 e. The first-order valence-corrected chi connectivity index (χ1v) is 4.58. The van der Waals surface area contributed by atoms with Gasteiger partial charge in [0, 0.05) is 12.0 Å². The van der Waals surface area contributed by atoms with Crippen molar-refractivity contribution in [1.82, 2.24) is 0 Å². The number of nitrogens with two attached hydrogens (primary N) is 1. The molecule has 2 rings (SSSR count). The van der Waals surface area contributed by atoms with Crippen molar-refractivity contribution in [3.63, 3.8) is 0 Å². The Kier molecular flexibility index (Phi) is 2.58. The number of hydrogen-bond acceptors (Lipinski definition) is 3. The second-order valence-electron chi connectivity index (χ2n) is 3.21. The summed E-state index contributed by atoms with van der Waals surface area (Å²) in [7, 11) is 0. The van der Waals surface area contributed by atoms with Gasteiger partial charge in [-0.2, -0.15) is 0 Å². The van der Waals surface area contributed by atoms with Gasteiger partial charge >= 0.3 is 0 Å². The van der Waals surface area contributed by atoms with Crippen LogP contribution < -0.4 is 5.73 Å². The predicted molar refractivity (Wildman–Crippen MR) is 53.8 cm³/mol. The topological polar surface area (TPSA) is 61.6 Å². The highest BCUT2D eigenvalue weighted by atomic mass is 16.7. The highest BCUT2D eigenvalue weighted by Gasteiger charge is 2.12. The molecule has 0 radical (unpaired) electrons. The summed E-state index contributed by atoms with van der Waals surface area (Å²) in [4.78, 5) is 11.1. The van der Waals surface area contributed by atoms with Crippen LogP contribution in [0.15, 0.2) is 36.3 Å². The predicted octanol–water partition coefficient (Wildman–Crippen LogP) is 1.17. The number of ether oxygens (including phenoxy) is 2. The SMILES string of the molecule is NC(=O)c1ccccc1CC1=COCO1. The zero-order valence-electron chi connectivity index (χ0n) is 8.10. The van der Waals surface area contributed by atoms with Gasteiger partial charge in [-0.05, 0) is 11.6 Å². The summed E-state index contributed by atoms with van der Waals surface area (Å²) in [5.41, 5.74) is 6.63. The smallest absolute Gasteiger partial charge is 0.248 e. The third kappa shape index (κ3) is 2.10. The summed E-state index contributed by atoms with van der Waals surface area (Å²) >= 11 is 0. The van der Waals surface area contributed by atoms with Gasteiger partial charge in [0.2, 0.25) is 12.7 Å². The number of carbonyl (C=O) groups excluding carboxylic acids is 1. The van der Waals surface area contributed by atoms with Crippen molar-refractivity contribution in [1.29, 1.82) is 0 Å². The standard InChI is InChI=1S/C11H11NO3/c12-11(13)10-4-2-1-3-8(10)5-9-6-14-7-15-9/h1-4,6H,5,7H2,(H2,12,13). The first kappa shape index (κ1) is 9.58. The summed E-state index contributed by atoms with van der Waals surface area (Å²) in [5, 5.41) is 0. The van der Waals surface area contributed by atoms with Crippen molar-refractivity contribution in [3.05, 3.63) is 47.4 Å². The summed E-state index contributed by atoms with van der Waals surface area (Å²) in [6.07, 6.45) is 2.08. The quantitative estimate of drug-likeness (QED) is 0.805. The summed E-state index contributed by atoms with van der Waals surface area (Å²) < 4.78 is 10.1. The zero-order valence-corrected chi connectivity index (χ0v) is 8.10. The van der Waals surface area contributed by atoms with Gasteiger partial charge in [-0.3, -0.25) is 4.79 Å². The lowest BCUT2D eigenvalue weighted by Gasteiger charge is -2.05. The first-order chi connectivity index (χ1) is 7.27. The van der Waals surface area contributed by atoms with Gasteiger partial charge < -0.3 is 15.2 Å². The van der Waals surface area contributed by atoms with E-state index in [1.807, 2.05) is 12.1 Å². The fraction of sp³-hybridized carbons (Fsp3) is 0.182. The number of benzene rings is 1. The molecule has 0 fully saturated rings. The van der Waals surface area contributed by atoms with Gasteiger partial charge in [-0.1, -0.05) is 18.2 Å². The Morgan fingerprint density at radius 3 is 2.87 bits per heavy atom. The van der Waals surface area contributed by atoms with Crippen molar-refractivity contribution in [3.8, 4) is 0 Å². The molecule has 0 aromatic heterocycles.